The molecule has 1 rings (SSSR count). The van der Waals surface area contributed by atoms with E-state index in [0.29, 0.717) is 16.9 Å². The minimum atomic E-state index is 0.0365. The Morgan fingerprint density at radius 3 is 2.54 bits per heavy atom. The fraction of sp³-hybridized carbons (Fsp3) is 0.300. The first kappa shape index (κ1) is 10.1. The van der Waals surface area contributed by atoms with Crippen LogP contribution in [0.2, 0.25) is 5.02 Å². The van der Waals surface area contributed by atoms with Crippen molar-refractivity contribution in [2.24, 2.45) is 0 Å². The number of aromatic hydroxyl groups is 1. The maximum absolute atomic E-state index is 10.5. The molecule has 1 N–H and O–H groups in total. The van der Waals surface area contributed by atoms with Crippen molar-refractivity contribution < 1.29 is 9.90 Å². The van der Waals surface area contributed by atoms with Gasteiger partial charge >= 0.3 is 0 Å². The van der Waals surface area contributed by atoms with Crippen molar-refractivity contribution in [3.63, 3.8) is 0 Å². The number of phenolic OH excluding ortho intramolecular Hbond substituents is 1. The van der Waals surface area contributed by atoms with Crippen LogP contribution in [0.5, 0.6) is 5.75 Å². The van der Waals surface area contributed by atoms with E-state index in [-0.39, 0.29) is 17.2 Å². The zero-order valence-corrected chi connectivity index (χ0v) is 8.30. The summed E-state index contributed by atoms with van der Waals surface area (Å²) in [6.07, 6.45) is 0.604. The Bertz CT molecular complexity index is 332. The van der Waals surface area contributed by atoms with Crippen LogP contribution in [-0.4, -0.2) is 11.4 Å². The summed E-state index contributed by atoms with van der Waals surface area (Å²) in [7, 11) is 0. The molecule has 0 fully saturated rings. The quantitative estimate of drug-likeness (QED) is 0.742. The van der Waals surface area contributed by atoms with Crippen LogP contribution in [0.25, 0.3) is 0 Å². The average molecular weight is 199 g/mol. The van der Waals surface area contributed by atoms with Gasteiger partial charge in [-0.3, -0.25) is 4.79 Å². The van der Waals surface area contributed by atoms with Gasteiger partial charge in [-0.05, 0) is 23.6 Å². The molecule has 0 unspecified atom stereocenters. The van der Waals surface area contributed by atoms with Crippen LogP contribution in [0, 0.1) is 0 Å². The lowest BCUT2D eigenvalue weighted by atomic mass is 9.99. The number of rotatable bonds is 2. The van der Waals surface area contributed by atoms with Gasteiger partial charge in [0.2, 0.25) is 0 Å². The Morgan fingerprint density at radius 1 is 1.46 bits per heavy atom. The van der Waals surface area contributed by atoms with E-state index in [1.54, 1.807) is 6.07 Å². The largest absolute Gasteiger partial charge is 0.507 e. The summed E-state index contributed by atoms with van der Waals surface area (Å²) < 4.78 is 0. The van der Waals surface area contributed by atoms with E-state index >= 15 is 0 Å². The fourth-order valence-corrected chi connectivity index (χ4v) is 1.41. The van der Waals surface area contributed by atoms with E-state index in [4.69, 9.17) is 11.6 Å². The summed E-state index contributed by atoms with van der Waals surface area (Å²) in [5.74, 6) is 0.187. The Morgan fingerprint density at radius 2 is 2.08 bits per heavy atom. The summed E-state index contributed by atoms with van der Waals surface area (Å²) in [6, 6.07) is 3.13. The van der Waals surface area contributed by atoms with Gasteiger partial charge in [0, 0.05) is 5.02 Å². The van der Waals surface area contributed by atoms with E-state index in [2.05, 4.69) is 0 Å². The fourth-order valence-electron chi connectivity index (χ4n) is 1.17. The molecule has 0 spiro atoms. The number of halogens is 1. The van der Waals surface area contributed by atoms with E-state index in [1.807, 2.05) is 13.8 Å². The van der Waals surface area contributed by atoms with Crippen molar-refractivity contribution in [1.82, 2.24) is 0 Å². The lowest BCUT2D eigenvalue weighted by Gasteiger charge is -2.10. The molecular formula is C10H11ClO2. The second kappa shape index (κ2) is 3.79. The number of carbonyl (C=O) groups excluding carboxylic acids is 1. The van der Waals surface area contributed by atoms with Crippen LogP contribution >= 0.6 is 11.6 Å². The van der Waals surface area contributed by atoms with Crippen molar-refractivity contribution in [2.75, 3.05) is 0 Å². The Kier molecular flexibility index (Phi) is 2.94. The number of hydrogen-bond acceptors (Lipinski definition) is 2. The third-order valence-electron chi connectivity index (χ3n) is 1.88. The maximum Gasteiger partial charge on any atom is 0.153 e. The molecule has 0 saturated carbocycles. The highest BCUT2D eigenvalue weighted by Gasteiger charge is 2.11. The first-order valence-electron chi connectivity index (χ1n) is 4.04. The van der Waals surface area contributed by atoms with Gasteiger partial charge in [0.15, 0.2) is 6.29 Å². The van der Waals surface area contributed by atoms with Gasteiger partial charge in [-0.15, -0.1) is 0 Å². The minimum Gasteiger partial charge on any atom is -0.507 e. The van der Waals surface area contributed by atoms with Crippen LogP contribution in [0.15, 0.2) is 12.1 Å². The van der Waals surface area contributed by atoms with E-state index in [9.17, 15) is 9.90 Å². The molecule has 0 bridgehead atoms. The van der Waals surface area contributed by atoms with Crippen molar-refractivity contribution in [2.45, 2.75) is 19.8 Å². The third kappa shape index (κ3) is 2.01. The van der Waals surface area contributed by atoms with Gasteiger partial charge < -0.3 is 5.11 Å². The Hall–Kier alpha value is -1.02. The van der Waals surface area contributed by atoms with Crippen molar-refractivity contribution in [3.8, 4) is 5.75 Å². The monoisotopic (exact) mass is 198 g/mol. The summed E-state index contributed by atoms with van der Waals surface area (Å²) >= 11 is 5.77. The number of hydrogen-bond donors (Lipinski definition) is 1. The molecule has 0 aliphatic heterocycles. The van der Waals surface area contributed by atoms with Gasteiger partial charge in [0.05, 0.1) is 5.56 Å². The molecule has 70 valence electrons. The third-order valence-corrected chi connectivity index (χ3v) is 2.10. The molecular weight excluding hydrogens is 188 g/mol. The van der Waals surface area contributed by atoms with Gasteiger partial charge in [0.1, 0.15) is 5.75 Å². The van der Waals surface area contributed by atoms with Crippen molar-refractivity contribution in [3.05, 3.63) is 28.3 Å². The molecule has 2 nitrogen and oxygen atoms in total. The summed E-state index contributed by atoms with van der Waals surface area (Å²) in [6.45, 7) is 3.86. The van der Waals surface area contributed by atoms with E-state index < -0.39 is 0 Å². The highest BCUT2D eigenvalue weighted by molar-refractivity contribution is 6.31. The number of carbonyl (C=O) groups is 1. The van der Waals surface area contributed by atoms with Crippen LogP contribution < -0.4 is 0 Å². The highest BCUT2D eigenvalue weighted by atomic mass is 35.5. The minimum absolute atomic E-state index is 0.0365. The molecule has 0 aliphatic carbocycles. The lowest BCUT2D eigenvalue weighted by Crippen LogP contribution is -1.92. The second-order valence-electron chi connectivity index (χ2n) is 3.21. The predicted molar refractivity (Wildman–Crippen MR) is 52.6 cm³/mol. The number of phenols is 1. The summed E-state index contributed by atoms with van der Waals surface area (Å²) in [4.78, 5) is 10.5. The molecule has 0 atom stereocenters. The molecule has 0 aromatic heterocycles. The van der Waals surface area contributed by atoms with Crippen LogP contribution in [-0.2, 0) is 0 Å². The smallest absolute Gasteiger partial charge is 0.153 e. The van der Waals surface area contributed by atoms with Gasteiger partial charge in [0.25, 0.3) is 0 Å². The van der Waals surface area contributed by atoms with Gasteiger partial charge in [-0.2, -0.15) is 0 Å². The Balaban J connectivity index is 3.35. The first-order valence-corrected chi connectivity index (χ1v) is 4.41. The predicted octanol–water partition coefficient (Wildman–Crippen LogP) is 2.98. The van der Waals surface area contributed by atoms with Crippen molar-refractivity contribution >= 4 is 17.9 Å². The molecule has 3 heteroatoms. The zero-order chi connectivity index (χ0) is 10.0. The van der Waals surface area contributed by atoms with E-state index in [0.717, 1.165) is 0 Å². The average Bonchev–Trinajstić information content (AvgIpc) is 2.08. The SMILES string of the molecule is CC(C)c1cc(Cl)cc(C=O)c1O. The molecule has 0 heterocycles. The van der Waals surface area contributed by atoms with Crippen molar-refractivity contribution in [1.29, 1.82) is 0 Å². The Labute approximate surface area is 82.2 Å². The molecule has 0 aliphatic rings. The number of aldehydes is 1. The normalized spacial score (nSPS) is 10.5. The highest BCUT2D eigenvalue weighted by Crippen LogP contribution is 2.31. The molecule has 1 aromatic rings. The topological polar surface area (TPSA) is 37.3 Å². The van der Waals surface area contributed by atoms with E-state index in [1.165, 1.54) is 6.07 Å². The molecule has 13 heavy (non-hydrogen) atoms. The summed E-state index contributed by atoms with van der Waals surface area (Å²) in [5.41, 5.74) is 0.950. The van der Waals surface area contributed by atoms with Crippen LogP contribution in [0.3, 0.4) is 0 Å². The van der Waals surface area contributed by atoms with Crippen LogP contribution in [0.1, 0.15) is 35.7 Å². The summed E-state index contributed by atoms with van der Waals surface area (Å²) in [5, 5.41) is 10.1. The molecule has 0 radical (unpaired) electrons. The standard InChI is InChI=1S/C10H11ClO2/c1-6(2)9-4-8(11)3-7(5-12)10(9)13/h3-6,13H,1-2H3. The molecule has 0 saturated heterocycles. The van der Waals surface area contributed by atoms with Gasteiger partial charge in [-0.25, -0.2) is 0 Å². The maximum atomic E-state index is 10.5. The van der Waals surface area contributed by atoms with Gasteiger partial charge in [-0.1, -0.05) is 25.4 Å². The number of benzene rings is 1. The molecule has 0 amide bonds. The zero-order valence-electron chi connectivity index (χ0n) is 7.54. The second-order valence-corrected chi connectivity index (χ2v) is 3.64. The van der Waals surface area contributed by atoms with Crippen LogP contribution in [0.4, 0.5) is 0 Å². The lowest BCUT2D eigenvalue weighted by molar-refractivity contribution is 0.112. The molecule has 1 aromatic carbocycles. The first-order chi connectivity index (χ1) is 6.06.